The van der Waals surface area contributed by atoms with E-state index in [1.807, 2.05) is 0 Å². The average Bonchev–Trinajstić information content (AvgIpc) is 2.54. The van der Waals surface area contributed by atoms with Gasteiger partial charge in [-0.1, -0.05) is 6.42 Å². The van der Waals surface area contributed by atoms with E-state index in [4.69, 9.17) is 4.74 Å². The van der Waals surface area contributed by atoms with Gasteiger partial charge in [0.15, 0.2) is 0 Å². The lowest BCUT2D eigenvalue weighted by molar-refractivity contribution is -0.181. The molecule has 3 saturated carbocycles. The second kappa shape index (κ2) is 2.43. The lowest BCUT2D eigenvalue weighted by atomic mass is 9.58. The summed E-state index contributed by atoms with van der Waals surface area (Å²) in [6.07, 6.45) is 7.63. The summed E-state index contributed by atoms with van der Waals surface area (Å²) in [5, 5.41) is 10.4. The number of hydrogen-bond donors (Lipinski definition) is 1. The van der Waals surface area contributed by atoms with Crippen LogP contribution in [-0.4, -0.2) is 22.9 Å². The molecular weight excluding hydrogens is 188 g/mol. The average molecular weight is 208 g/mol. The number of hydrogen-bond acceptors (Lipinski definition) is 2. The van der Waals surface area contributed by atoms with Crippen molar-refractivity contribution < 1.29 is 9.84 Å². The Hall–Kier alpha value is -0.0800. The van der Waals surface area contributed by atoms with Gasteiger partial charge in [0.05, 0.1) is 17.8 Å². The fourth-order valence-corrected chi connectivity index (χ4v) is 5.38. The summed E-state index contributed by atoms with van der Waals surface area (Å²) in [6.45, 7) is 2.28. The lowest BCUT2D eigenvalue weighted by Crippen LogP contribution is -2.53. The molecule has 2 nitrogen and oxygen atoms in total. The molecule has 2 heteroatoms. The Bertz CT molecular complexity index is 316. The first kappa shape index (κ1) is 9.00. The Morgan fingerprint density at radius 2 is 2.20 bits per heavy atom. The zero-order valence-electron chi connectivity index (χ0n) is 9.41. The van der Waals surface area contributed by atoms with Crippen molar-refractivity contribution in [3.63, 3.8) is 0 Å². The van der Waals surface area contributed by atoms with Crippen LogP contribution in [-0.2, 0) is 4.74 Å². The number of aliphatic hydroxyl groups is 1. The highest BCUT2D eigenvalue weighted by atomic mass is 16.5. The first-order valence-corrected chi connectivity index (χ1v) is 6.50. The minimum atomic E-state index is -0.0349. The molecule has 0 radical (unpaired) electrons. The first-order chi connectivity index (χ1) is 7.14. The molecule has 6 atom stereocenters. The van der Waals surface area contributed by atoms with Crippen molar-refractivity contribution in [2.24, 2.45) is 17.3 Å². The van der Waals surface area contributed by atoms with Crippen LogP contribution in [0.4, 0.5) is 0 Å². The highest BCUT2D eigenvalue weighted by molar-refractivity contribution is 5.18. The predicted molar refractivity (Wildman–Crippen MR) is 56.4 cm³/mol. The minimum Gasteiger partial charge on any atom is -0.393 e. The topological polar surface area (TPSA) is 29.5 Å². The minimum absolute atomic E-state index is 0.0349. The van der Waals surface area contributed by atoms with E-state index < -0.39 is 0 Å². The van der Waals surface area contributed by atoms with E-state index in [-0.39, 0.29) is 17.1 Å². The van der Waals surface area contributed by atoms with Crippen molar-refractivity contribution in [3.05, 3.63) is 0 Å². The zero-order valence-corrected chi connectivity index (χ0v) is 9.41. The largest absolute Gasteiger partial charge is 0.393 e. The van der Waals surface area contributed by atoms with Gasteiger partial charge < -0.3 is 9.84 Å². The molecule has 84 valence electrons. The summed E-state index contributed by atoms with van der Waals surface area (Å²) in [5.74, 6) is 1.42. The molecule has 2 heterocycles. The fourth-order valence-electron chi connectivity index (χ4n) is 5.38. The Morgan fingerprint density at radius 1 is 1.33 bits per heavy atom. The maximum atomic E-state index is 10.4. The van der Waals surface area contributed by atoms with Gasteiger partial charge in [0.2, 0.25) is 0 Å². The van der Waals surface area contributed by atoms with Gasteiger partial charge in [-0.2, -0.15) is 0 Å². The smallest absolute Gasteiger partial charge is 0.0694 e. The zero-order chi connectivity index (χ0) is 10.3. The second-order valence-corrected chi connectivity index (χ2v) is 6.57. The molecule has 1 N–H and O–H groups in total. The van der Waals surface area contributed by atoms with E-state index in [1.165, 1.54) is 25.7 Å². The van der Waals surface area contributed by atoms with Gasteiger partial charge in [-0.15, -0.1) is 0 Å². The van der Waals surface area contributed by atoms with Crippen molar-refractivity contribution in [1.29, 1.82) is 0 Å². The number of aliphatic hydroxyl groups excluding tert-OH is 1. The second-order valence-electron chi connectivity index (χ2n) is 6.57. The Labute approximate surface area is 91.0 Å². The van der Waals surface area contributed by atoms with Crippen LogP contribution in [0.15, 0.2) is 0 Å². The molecule has 6 unspecified atom stereocenters. The van der Waals surface area contributed by atoms with Crippen LogP contribution < -0.4 is 0 Å². The molecule has 3 aliphatic carbocycles. The Kier molecular flexibility index (Phi) is 1.46. The highest BCUT2D eigenvalue weighted by Gasteiger charge is 2.69. The quantitative estimate of drug-likeness (QED) is 0.660. The molecule has 0 aromatic heterocycles. The molecule has 4 bridgehead atoms. The summed E-state index contributed by atoms with van der Waals surface area (Å²) < 4.78 is 6.24. The van der Waals surface area contributed by atoms with Crippen LogP contribution in [0.1, 0.15) is 45.4 Å². The molecule has 15 heavy (non-hydrogen) atoms. The monoisotopic (exact) mass is 208 g/mol. The maximum absolute atomic E-state index is 10.4. The molecular formula is C13H20O2. The third-order valence-corrected chi connectivity index (χ3v) is 5.95. The molecule has 0 aromatic carbocycles. The first-order valence-electron chi connectivity index (χ1n) is 6.50. The fraction of sp³-hybridized carbons (Fsp3) is 1.00. The molecule has 1 spiro atoms. The Balaban J connectivity index is 1.81. The maximum Gasteiger partial charge on any atom is 0.0694 e. The molecule has 0 amide bonds. The SMILES string of the molecule is CC12CC34CC1CC(O2)C3CCCC4O. The summed E-state index contributed by atoms with van der Waals surface area (Å²) >= 11 is 0. The summed E-state index contributed by atoms with van der Waals surface area (Å²) in [5.41, 5.74) is 0.387. The third kappa shape index (κ3) is 0.861. The van der Waals surface area contributed by atoms with Crippen LogP contribution in [0.3, 0.4) is 0 Å². The van der Waals surface area contributed by atoms with Crippen molar-refractivity contribution in [2.75, 3.05) is 0 Å². The molecule has 2 saturated heterocycles. The van der Waals surface area contributed by atoms with Crippen LogP contribution in [0.25, 0.3) is 0 Å². The van der Waals surface area contributed by atoms with Crippen LogP contribution in [0.2, 0.25) is 0 Å². The standard InChI is InChI=1S/C13H20O2/c1-12-7-13-6-8(12)5-10(15-12)9(13)3-2-4-11(13)14/h8-11,14H,2-7H2,1H3. The van der Waals surface area contributed by atoms with E-state index in [0.29, 0.717) is 12.0 Å². The normalized spacial score (nSPS) is 66.0. The van der Waals surface area contributed by atoms with Crippen molar-refractivity contribution >= 4 is 0 Å². The van der Waals surface area contributed by atoms with Gasteiger partial charge in [-0.3, -0.25) is 0 Å². The Morgan fingerprint density at radius 3 is 3.00 bits per heavy atom. The molecule has 5 rings (SSSR count). The van der Waals surface area contributed by atoms with Crippen molar-refractivity contribution in [2.45, 2.75) is 63.3 Å². The third-order valence-electron chi connectivity index (χ3n) is 5.95. The lowest BCUT2D eigenvalue weighted by Gasteiger charge is -2.52. The summed E-state index contributed by atoms with van der Waals surface area (Å²) in [4.78, 5) is 0. The van der Waals surface area contributed by atoms with Gasteiger partial charge in [0, 0.05) is 5.41 Å². The van der Waals surface area contributed by atoms with Crippen LogP contribution in [0.5, 0.6) is 0 Å². The van der Waals surface area contributed by atoms with E-state index in [0.717, 1.165) is 18.8 Å². The van der Waals surface area contributed by atoms with Gasteiger partial charge in [0.25, 0.3) is 0 Å². The van der Waals surface area contributed by atoms with E-state index in [2.05, 4.69) is 6.92 Å². The molecule has 5 aliphatic rings. The number of rotatable bonds is 0. The predicted octanol–water partition coefficient (Wildman–Crippen LogP) is 2.11. The summed E-state index contributed by atoms with van der Waals surface area (Å²) in [6, 6.07) is 0. The molecule has 5 fully saturated rings. The molecule has 2 aliphatic heterocycles. The van der Waals surface area contributed by atoms with Gasteiger partial charge in [-0.05, 0) is 50.9 Å². The number of ether oxygens (including phenoxy) is 1. The van der Waals surface area contributed by atoms with Crippen LogP contribution in [0, 0.1) is 17.3 Å². The van der Waals surface area contributed by atoms with Crippen molar-refractivity contribution in [1.82, 2.24) is 0 Å². The van der Waals surface area contributed by atoms with E-state index in [1.54, 1.807) is 0 Å². The van der Waals surface area contributed by atoms with Gasteiger partial charge in [0.1, 0.15) is 0 Å². The summed E-state index contributed by atoms with van der Waals surface area (Å²) in [7, 11) is 0. The van der Waals surface area contributed by atoms with E-state index in [9.17, 15) is 5.11 Å². The van der Waals surface area contributed by atoms with Crippen LogP contribution >= 0.6 is 0 Å². The van der Waals surface area contributed by atoms with Gasteiger partial charge >= 0.3 is 0 Å². The molecule has 0 aromatic rings. The highest BCUT2D eigenvalue weighted by Crippen LogP contribution is 2.69. The van der Waals surface area contributed by atoms with E-state index >= 15 is 0 Å². The van der Waals surface area contributed by atoms with Gasteiger partial charge in [-0.25, -0.2) is 0 Å². The van der Waals surface area contributed by atoms with Crippen molar-refractivity contribution in [3.8, 4) is 0 Å².